The van der Waals surface area contributed by atoms with E-state index in [1.165, 1.54) is 23.1 Å². The summed E-state index contributed by atoms with van der Waals surface area (Å²) in [5.74, 6) is -0.842. The molecule has 1 aromatic heterocycles. The summed E-state index contributed by atoms with van der Waals surface area (Å²) < 4.78 is 35.7. The Bertz CT molecular complexity index is 793. The topological polar surface area (TPSA) is 52.4 Å². The molecular weight excluding hydrogens is 316 g/mol. The van der Waals surface area contributed by atoms with Gasteiger partial charge in [-0.2, -0.15) is 5.10 Å². The van der Waals surface area contributed by atoms with E-state index < -0.39 is 23.3 Å². The lowest BCUT2D eigenvalue weighted by atomic mass is 9.92. The molecular formula is C17H21F2N3O2. The molecule has 0 bridgehead atoms. The highest BCUT2D eigenvalue weighted by Crippen LogP contribution is 2.48. The predicted octanol–water partition coefficient (Wildman–Crippen LogP) is 2.86. The van der Waals surface area contributed by atoms with Gasteiger partial charge in [0.25, 0.3) is 0 Å². The molecule has 130 valence electrons. The molecule has 1 aliphatic heterocycles. The van der Waals surface area contributed by atoms with E-state index in [0.717, 1.165) is 12.5 Å². The third-order valence-corrected chi connectivity index (χ3v) is 4.59. The van der Waals surface area contributed by atoms with Crippen LogP contribution in [0, 0.1) is 17.6 Å². The van der Waals surface area contributed by atoms with Gasteiger partial charge in [-0.25, -0.2) is 18.3 Å². The van der Waals surface area contributed by atoms with Gasteiger partial charge in [-0.3, -0.25) is 4.57 Å². The summed E-state index contributed by atoms with van der Waals surface area (Å²) in [6.07, 6.45) is 2.37. The molecule has 5 nitrogen and oxygen atoms in total. The minimum Gasteiger partial charge on any atom is -0.362 e. The van der Waals surface area contributed by atoms with Crippen LogP contribution >= 0.6 is 0 Å². The number of hydrogen-bond acceptors (Lipinski definition) is 3. The molecule has 1 saturated heterocycles. The van der Waals surface area contributed by atoms with E-state index in [-0.39, 0.29) is 17.9 Å². The van der Waals surface area contributed by atoms with Gasteiger partial charge in [-0.1, -0.05) is 19.9 Å². The summed E-state index contributed by atoms with van der Waals surface area (Å²) in [5.41, 5.74) is -0.973. The number of ether oxygens (including phenoxy) is 1. The van der Waals surface area contributed by atoms with E-state index in [1.54, 1.807) is 11.5 Å². The lowest BCUT2D eigenvalue weighted by Gasteiger charge is -2.20. The fourth-order valence-corrected chi connectivity index (χ4v) is 2.89. The summed E-state index contributed by atoms with van der Waals surface area (Å²) in [6.45, 7) is 6.78. The molecule has 7 heteroatoms. The molecule has 0 radical (unpaired) electrons. The van der Waals surface area contributed by atoms with Crippen LogP contribution in [0.4, 0.5) is 8.78 Å². The second kappa shape index (κ2) is 6.12. The third kappa shape index (κ3) is 2.88. The summed E-state index contributed by atoms with van der Waals surface area (Å²) >= 11 is 0. The van der Waals surface area contributed by atoms with Gasteiger partial charge in [0.05, 0.1) is 12.6 Å². The first-order valence-corrected chi connectivity index (χ1v) is 8.08. The molecule has 3 rings (SSSR count). The van der Waals surface area contributed by atoms with Crippen molar-refractivity contribution in [2.45, 2.75) is 45.4 Å². The maximum Gasteiger partial charge on any atom is 0.346 e. The first-order valence-electron chi connectivity index (χ1n) is 8.08. The van der Waals surface area contributed by atoms with Crippen molar-refractivity contribution in [3.8, 4) is 0 Å². The zero-order chi connectivity index (χ0) is 17.5. The highest BCUT2D eigenvalue weighted by Gasteiger charge is 2.54. The number of benzene rings is 1. The smallest absolute Gasteiger partial charge is 0.346 e. The highest BCUT2D eigenvalue weighted by molar-refractivity contribution is 5.30. The fraction of sp³-hybridized carbons (Fsp3) is 0.529. The lowest BCUT2D eigenvalue weighted by molar-refractivity contribution is 0.210. The molecule has 1 aromatic carbocycles. The Morgan fingerprint density at radius 2 is 2.04 bits per heavy atom. The first-order chi connectivity index (χ1) is 11.3. The molecule has 2 atom stereocenters. The zero-order valence-corrected chi connectivity index (χ0v) is 14.0. The van der Waals surface area contributed by atoms with Crippen molar-refractivity contribution in [3.05, 3.63) is 52.2 Å². The molecule has 0 saturated carbocycles. The van der Waals surface area contributed by atoms with Crippen molar-refractivity contribution in [2.24, 2.45) is 5.92 Å². The van der Waals surface area contributed by atoms with Crippen LogP contribution in [0.2, 0.25) is 0 Å². The van der Waals surface area contributed by atoms with Gasteiger partial charge in [-0.05, 0) is 25.3 Å². The molecule has 1 fully saturated rings. The van der Waals surface area contributed by atoms with Crippen LogP contribution in [-0.2, 0) is 16.9 Å². The fourth-order valence-electron chi connectivity index (χ4n) is 2.89. The predicted molar refractivity (Wildman–Crippen MR) is 84.6 cm³/mol. The minimum atomic E-state index is -0.973. The number of nitrogens with zero attached hydrogens (tertiary/aromatic N) is 3. The molecule has 24 heavy (non-hydrogen) atoms. The number of epoxide rings is 1. The van der Waals surface area contributed by atoms with Crippen LogP contribution in [0.15, 0.2) is 29.3 Å². The second-order valence-electron chi connectivity index (χ2n) is 6.71. The summed E-state index contributed by atoms with van der Waals surface area (Å²) in [6, 6.07) is 2.90. The van der Waals surface area contributed by atoms with E-state index in [4.69, 9.17) is 4.74 Å². The Morgan fingerprint density at radius 3 is 2.62 bits per heavy atom. The summed E-state index contributed by atoms with van der Waals surface area (Å²) in [5, 5.41) is 4.16. The maximum absolute atomic E-state index is 14.1. The van der Waals surface area contributed by atoms with Gasteiger partial charge in [0.2, 0.25) is 0 Å². The van der Waals surface area contributed by atoms with Gasteiger partial charge in [0.1, 0.15) is 23.6 Å². The molecule has 0 unspecified atom stereocenters. The van der Waals surface area contributed by atoms with Crippen molar-refractivity contribution in [1.29, 1.82) is 0 Å². The Kier molecular flexibility index (Phi) is 4.29. The second-order valence-corrected chi connectivity index (χ2v) is 6.71. The van der Waals surface area contributed by atoms with Crippen LogP contribution in [0.3, 0.4) is 0 Å². The standard InChI is InChI=1S/C17H21F2N3O2/c1-11(2)6-7-21-10-20-22(16(21)23)12(3)17(9-24-17)14-5-4-13(18)8-15(14)19/h4-5,8,10-12H,6-7,9H2,1-3H3/t12-,17+/m1/s1. The van der Waals surface area contributed by atoms with Crippen molar-refractivity contribution < 1.29 is 13.5 Å². The van der Waals surface area contributed by atoms with Gasteiger partial charge in [0.15, 0.2) is 0 Å². The van der Waals surface area contributed by atoms with Gasteiger partial charge >= 0.3 is 5.69 Å². The van der Waals surface area contributed by atoms with E-state index in [2.05, 4.69) is 18.9 Å². The molecule has 0 aliphatic carbocycles. The van der Waals surface area contributed by atoms with E-state index in [1.807, 2.05) is 0 Å². The number of aromatic nitrogens is 3. The average molecular weight is 337 g/mol. The summed E-state index contributed by atoms with van der Waals surface area (Å²) in [7, 11) is 0. The molecule has 1 aliphatic rings. The Balaban J connectivity index is 1.89. The molecule has 2 aromatic rings. The number of rotatable bonds is 6. The third-order valence-electron chi connectivity index (χ3n) is 4.59. The first kappa shape index (κ1) is 16.8. The zero-order valence-electron chi connectivity index (χ0n) is 14.0. The van der Waals surface area contributed by atoms with E-state index in [9.17, 15) is 13.6 Å². The Hall–Kier alpha value is -2.02. The molecule has 2 heterocycles. The van der Waals surface area contributed by atoms with E-state index in [0.29, 0.717) is 12.5 Å². The number of aryl methyl sites for hydroxylation is 1. The molecule has 0 amide bonds. The van der Waals surface area contributed by atoms with Gasteiger partial charge in [0, 0.05) is 18.2 Å². The highest BCUT2D eigenvalue weighted by atomic mass is 19.1. The van der Waals surface area contributed by atoms with Crippen LogP contribution < -0.4 is 5.69 Å². The van der Waals surface area contributed by atoms with Crippen molar-refractivity contribution in [1.82, 2.24) is 14.3 Å². The van der Waals surface area contributed by atoms with Crippen molar-refractivity contribution in [3.63, 3.8) is 0 Å². The quantitative estimate of drug-likeness (QED) is 0.762. The van der Waals surface area contributed by atoms with Gasteiger partial charge in [-0.15, -0.1) is 0 Å². The van der Waals surface area contributed by atoms with Crippen LogP contribution in [0.1, 0.15) is 38.8 Å². The minimum absolute atomic E-state index is 0.249. The Labute approximate surface area is 138 Å². The number of halogens is 2. The average Bonchev–Trinajstić information content (AvgIpc) is 3.23. The normalized spacial score (nSPS) is 21.2. The SMILES string of the molecule is CC(C)CCn1cnn([C@H](C)[C@]2(c3ccc(F)cc3F)CO2)c1=O. The van der Waals surface area contributed by atoms with Crippen LogP contribution in [0.25, 0.3) is 0 Å². The van der Waals surface area contributed by atoms with E-state index >= 15 is 0 Å². The van der Waals surface area contributed by atoms with Crippen molar-refractivity contribution in [2.75, 3.05) is 6.61 Å². The summed E-state index contributed by atoms with van der Waals surface area (Å²) in [4.78, 5) is 12.5. The van der Waals surface area contributed by atoms with Gasteiger partial charge < -0.3 is 4.74 Å². The molecule has 0 spiro atoms. The Morgan fingerprint density at radius 1 is 1.33 bits per heavy atom. The van der Waals surface area contributed by atoms with Crippen molar-refractivity contribution >= 4 is 0 Å². The molecule has 0 N–H and O–H groups in total. The monoisotopic (exact) mass is 337 g/mol. The van der Waals surface area contributed by atoms with Crippen LogP contribution in [0.5, 0.6) is 0 Å². The van der Waals surface area contributed by atoms with Crippen LogP contribution in [-0.4, -0.2) is 21.0 Å². The lowest BCUT2D eigenvalue weighted by Crippen LogP contribution is -2.34. The maximum atomic E-state index is 14.1. The number of hydrogen-bond donors (Lipinski definition) is 0. The largest absolute Gasteiger partial charge is 0.362 e.